The molecule has 3 fully saturated rings. The highest BCUT2D eigenvalue weighted by Gasteiger charge is 2.75. The van der Waals surface area contributed by atoms with Crippen molar-refractivity contribution in [1.82, 2.24) is 10.2 Å². The summed E-state index contributed by atoms with van der Waals surface area (Å²) >= 11 is 0. The number of carbonyl (C=O) groups excluding carboxylic acids is 4. The number of likely N-dealkylation sites (tertiary alicyclic amines) is 1. The van der Waals surface area contributed by atoms with Crippen molar-refractivity contribution in [1.29, 1.82) is 0 Å². The van der Waals surface area contributed by atoms with Gasteiger partial charge < -0.3 is 34.4 Å². The quantitative estimate of drug-likeness (QED) is 0.169. The molecule has 3 saturated heterocycles. The van der Waals surface area contributed by atoms with Crippen LogP contribution in [0.25, 0.3) is 0 Å². The summed E-state index contributed by atoms with van der Waals surface area (Å²) in [4.78, 5) is 57.2. The van der Waals surface area contributed by atoms with Gasteiger partial charge in [-0.05, 0) is 63.3 Å². The lowest BCUT2D eigenvalue weighted by Crippen LogP contribution is -2.56. The molecule has 4 rings (SSSR count). The molecule has 2 bridgehead atoms. The summed E-state index contributed by atoms with van der Waals surface area (Å²) in [5.41, 5.74) is -0.573. The number of ether oxygens (including phenoxy) is 3. The second-order valence-corrected chi connectivity index (χ2v) is 11.3. The van der Waals surface area contributed by atoms with Gasteiger partial charge in [-0.1, -0.05) is 12.2 Å². The Labute approximate surface area is 252 Å². The number of benzene rings is 1. The topological polar surface area (TPSA) is 135 Å². The Hall–Kier alpha value is -3.70. The number of amides is 3. The zero-order chi connectivity index (χ0) is 31.1. The van der Waals surface area contributed by atoms with E-state index in [9.17, 15) is 24.3 Å². The van der Waals surface area contributed by atoms with Gasteiger partial charge >= 0.3 is 5.97 Å². The number of nitrogens with one attached hydrogen (secondary N) is 1. The van der Waals surface area contributed by atoms with Crippen molar-refractivity contribution in [3.8, 4) is 5.75 Å². The van der Waals surface area contributed by atoms with Crippen LogP contribution in [0.1, 0.15) is 45.4 Å². The third-order valence-corrected chi connectivity index (χ3v) is 8.55. The minimum Gasteiger partial charge on any atom is -0.497 e. The van der Waals surface area contributed by atoms with Crippen LogP contribution in [0.15, 0.2) is 49.6 Å². The molecule has 3 aliphatic heterocycles. The fourth-order valence-electron chi connectivity index (χ4n) is 6.59. The molecule has 0 radical (unpaired) electrons. The number of carbonyl (C=O) groups is 4. The van der Waals surface area contributed by atoms with E-state index in [1.807, 2.05) is 0 Å². The van der Waals surface area contributed by atoms with E-state index in [0.29, 0.717) is 50.0 Å². The standard InChI is InChI=1S/C32H43N3O8/c1-5-7-10-25(37)33-20-21(3)42-31(40)26-24-15-16-32(43-24)27(26)29(38)35(18-8-9-19-36)28(32)30(39)34(17-6-2)22-11-13-23(41-4)14-12-22/h5-6,11-14,21,24,26-28,36H,1-2,7-10,15-20H2,3-4H3,(H,33,37)/t21-,24+,26-,27-,28+,32-/m0/s1. The number of hydrogen-bond acceptors (Lipinski definition) is 8. The first-order valence-corrected chi connectivity index (χ1v) is 15.0. The van der Waals surface area contributed by atoms with Crippen LogP contribution in [0.2, 0.25) is 0 Å². The van der Waals surface area contributed by atoms with Gasteiger partial charge in [-0.15, -0.1) is 13.2 Å². The average Bonchev–Trinajstić information content (AvgIpc) is 3.65. The van der Waals surface area contributed by atoms with E-state index in [2.05, 4.69) is 18.5 Å². The lowest BCUT2D eigenvalue weighted by atomic mass is 9.70. The van der Waals surface area contributed by atoms with Gasteiger partial charge in [0.15, 0.2) is 0 Å². The Balaban J connectivity index is 1.59. The second-order valence-electron chi connectivity index (χ2n) is 11.3. The van der Waals surface area contributed by atoms with Gasteiger partial charge in [0.1, 0.15) is 23.5 Å². The Kier molecular flexibility index (Phi) is 10.6. The number of fused-ring (bicyclic) bond motifs is 1. The van der Waals surface area contributed by atoms with Crippen molar-refractivity contribution >= 4 is 29.4 Å². The predicted octanol–water partition coefficient (Wildman–Crippen LogP) is 2.38. The predicted molar refractivity (Wildman–Crippen MR) is 159 cm³/mol. The summed E-state index contributed by atoms with van der Waals surface area (Å²) in [6.07, 6.45) is 4.84. The van der Waals surface area contributed by atoms with Gasteiger partial charge in [0.25, 0.3) is 5.91 Å². The van der Waals surface area contributed by atoms with Crippen LogP contribution in [-0.4, -0.2) is 90.9 Å². The van der Waals surface area contributed by atoms with E-state index < -0.39 is 41.7 Å². The number of nitrogens with zero attached hydrogens (tertiary/aromatic N) is 2. The highest BCUT2D eigenvalue weighted by Crippen LogP contribution is 2.59. The van der Waals surface area contributed by atoms with Crippen LogP contribution in [0.3, 0.4) is 0 Å². The van der Waals surface area contributed by atoms with E-state index in [0.717, 1.165) is 0 Å². The smallest absolute Gasteiger partial charge is 0.312 e. The number of unbranched alkanes of at least 4 members (excludes halogenated alkanes) is 1. The Morgan fingerprint density at radius 3 is 2.63 bits per heavy atom. The van der Waals surface area contributed by atoms with Crippen LogP contribution in [0, 0.1) is 11.8 Å². The average molecular weight is 598 g/mol. The van der Waals surface area contributed by atoms with Crippen molar-refractivity contribution in [2.45, 2.75) is 69.3 Å². The summed E-state index contributed by atoms with van der Waals surface area (Å²) in [6, 6.07) is 6.09. The number of allylic oxidation sites excluding steroid dienone is 1. The summed E-state index contributed by atoms with van der Waals surface area (Å²) in [6.45, 7) is 9.65. The molecule has 3 heterocycles. The van der Waals surface area contributed by atoms with Crippen molar-refractivity contribution in [2.24, 2.45) is 11.8 Å². The van der Waals surface area contributed by atoms with E-state index in [1.54, 1.807) is 55.4 Å². The van der Waals surface area contributed by atoms with Gasteiger partial charge in [-0.25, -0.2) is 0 Å². The molecular weight excluding hydrogens is 554 g/mol. The molecule has 11 nitrogen and oxygen atoms in total. The second kappa shape index (κ2) is 14.2. The molecule has 0 aromatic heterocycles. The molecule has 0 unspecified atom stereocenters. The van der Waals surface area contributed by atoms with E-state index in [4.69, 9.17) is 14.2 Å². The third kappa shape index (κ3) is 6.47. The maximum absolute atomic E-state index is 14.4. The Bertz CT molecular complexity index is 1200. The lowest BCUT2D eigenvalue weighted by molar-refractivity contribution is -0.159. The van der Waals surface area contributed by atoms with E-state index in [1.165, 1.54) is 4.90 Å². The molecule has 1 aromatic carbocycles. The molecular formula is C32H43N3O8. The molecule has 234 valence electrons. The molecule has 0 saturated carbocycles. The Morgan fingerprint density at radius 1 is 1.23 bits per heavy atom. The summed E-state index contributed by atoms with van der Waals surface area (Å²) in [5, 5.41) is 12.1. The van der Waals surface area contributed by atoms with Crippen LogP contribution in [0.5, 0.6) is 5.75 Å². The van der Waals surface area contributed by atoms with E-state index in [-0.39, 0.29) is 44.0 Å². The molecule has 1 aromatic rings. The van der Waals surface area contributed by atoms with Gasteiger partial charge in [0, 0.05) is 31.8 Å². The van der Waals surface area contributed by atoms with Gasteiger partial charge in [0.05, 0.1) is 31.6 Å². The minimum absolute atomic E-state index is 0.0425. The van der Waals surface area contributed by atoms with Gasteiger partial charge in [-0.3, -0.25) is 19.2 Å². The number of aliphatic hydroxyl groups excluding tert-OH is 1. The van der Waals surface area contributed by atoms with Crippen LogP contribution in [0.4, 0.5) is 5.69 Å². The van der Waals surface area contributed by atoms with Gasteiger partial charge in [-0.2, -0.15) is 0 Å². The monoisotopic (exact) mass is 597 g/mol. The number of hydrogen-bond donors (Lipinski definition) is 2. The van der Waals surface area contributed by atoms with Crippen LogP contribution < -0.4 is 15.0 Å². The molecule has 3 amide bonds. The highest BCUT2D eigenvalue weighted by atomic mass is 16.6. The molecule has 2 N–H and O–H groups in total. The molecule has 11 heteroatoms. The molecule has 0 aliphatic carbocycles. The first-order chi connectivity index (χ1) is 20.7. The summed E-state index contributed by atoms with van der Waals surface area (Å²) < 4.78 is 17.5. The maximum Gasteiger partial charge on any atom is 0.312 e. The normalized spacial score (nSPS) is 26.0. The summed E-state index contributed by atoms with van der Waals surface area (Å²) in [7, 11) is 1.56. The van der Waals surface area contributed by atoms with Crippen molar-refractivity contribution in [2.75, 3.05) is 38.3 Å². The van der Waals surface area contributed by atoms with Crippen LogP contribution >= 0.6 is 0 Å². The summed E-state index contributed by atoms with van der Waals surface area (Å²) in [5.74, 6) is -2.49. The van der Waals surface area contributed by atoms with Crippen LogP contribution in [-0.2, 0) is 28.7 Å². The number of anilines is 1. The molecule has 6 atom stereocenters. The highest BCUT2D eigenvalue weighted by molar-refractivity contribution is 6.04. The van der Waals surface area contributed by atoms with E-state index >= 15 is 0 Å². The molecule has 3 aliphatic rings. The number of esters is 1. The third-order valence-electron chi connectivity index (χ3n) is 8.55. The fraction of sp³-hybridized carbons (Fsp3) is 0.562. The zero-order valence-corrected chi connectivity index (χ0v) is 25.0. The molecule has 43 heavy (non-hydrogen) atoms. The largest absolute Gasteiger partial charge is 0.497 e. The van der Waals surface area contributed by atoms with Crippen molar-refractivity contribution in [3.63, 3.8) is 0 Å². The Morgan fingerprint density at radius 2 is 1.98 bits per heavy atom. The number of rotatable bonds is 16. The number of methoxy groups -OCH3 is 1. The first-order valence-electron chi connectivity index (χ1n) is 15.0. The van der Waals surface area contributed by atoms with Crippen molar-refractivity contribution in [3.05, 3.63) is 49.6 Å². The first kappa shape index (κ1) is 32.2. The fourth-order valence-corrected chi connectivity index (χ4v) is 6.59. The molecule has 1 spiro atoms. The minimum atomic E-state index is -1.18. The maximum atomic E-state index is 14.4. The van der Waals surface area contributed by atoms with Gasteiger partial charge in [0.2, 0.25) is 11.8 Å². The number of aliphatic hydroxyl groups is 1. The lowest BCUT2D eigenvalue weighted by Gasteiger charge is -2.36. The zero-order valence-electron chi connectivity index (χ0n) is 25.0. The SMILES string of the molecule is C=CCCC(=O)NC[C@H](C)OC(=O)[C@@H]1[C@H]2C(=O)N(CCCCO)[C@H](C(=O)N(CC=C)c3ccc(OC)cc3)[C@]23CC[C@H]1O3. The van der Waals surface area contributed by atoms with Crippen molar-refractivity contribution < 1.29 is 38.5 Å².